The van der Waals surface area contributed by atoms with Gasteiger partial charge in [0.15, 0.2) is 0 Å². The fraction of sp³-hybridized carbons (Fsp3) is 0.875. The predicted molar refractivity (Wildman–Crippen MR) is 73.0 cm³/mol. The average molecular weight is 280 g/mol. The van der Waals surface area contributed by atoms with E-state index < -0.39 is 17.8 Å². The Hall–Kier alpha value is -1.06. The number of hydrogen-bond donors (Lipinski definition) is 1. The summed E-state index contributed by atoms with van der Waals surface area (Å²) in [6.07, 6.45) is 6.91. The molecule has 4 fully saturated rings. The number of rotatable bonds is 4. The summed E-state index contributed by atoms with van der Waals surface area (Å²) < 4.78 is 5.88. The Morgan fingerprint density at radius 2 is 1.45 bits per heavy atom. The largest absolute Gasteiger partial charge is 0.481 e. The molecule has 0 saturated heterocycles. The molecule has 0 radical (unpaired) electrons. The van der Waals surface area contributed by atoms with Gasteiger partial charge in [-0.15, -0.1) is 0 Å². The van der Waals surface area contributed by atoms with Crippen LogP contribution in [-0.4, -0.2) is 22.6 Å². The van der Waals surface area contributed by atoms with Crippen LogP contribution < -0.4 is 0 Å². The first-order chi connectivity index (χ1) is 9.38. The maximum atomic E-state index is 12.3. The molecular weight excluding hydrogens is 256 g/mol. The van der Waals surface area contributed by atoms with Gasteiger partial charge in [-0.05, 0) is 56.3 Å². The lowest BCUT2D eigenvalue weighted by Crippen LogP contribution is -2.53. The van der Waals surface area contributed by atoms with Crippen molar-refractivity contribution in [1.29, 1.82) is 0 Å². The standard InChI is InChI=1S/C16H24O4/c1-9(14(17)18)10(2)15(19)20-16-6-11-3-12(7-16)5-13(4-11)8-16/h9-13H,3-8H2,1-2H3,(H,17,18). The number of esters is 1. The number of carboxylic acid groups (broad SMARTS) is 1. The number of hydrogen-bond acceptors (Lipinski definition) is 3. The maximum absolute atomic E-state index is 12.3. The highest BCUT2D eigenvalue weighted by molar-refractivity contribution is 5.80. The van der Waals surface area contributed by atoms with Gasteiger partial charge in [0, 0.05) is 0 Å². The van der Waals surface area contributed by atoms with Gasteiger partial charge in [0.05, 0.1) is 11.8 Å². The molecule has 2 unspecified atom stereocenters. The molecule has 1 N–H and O–H groups in total. The van der Waals surface area contributed by atoms with Gasteiger partial charge in [0.1, 0.15) is 5.60 Å². The fourth-order valence-corrected chi connectivity index (χ4v) is 4.88. The minimum Gasteiger partial charge on any atom is -0.481 e. The van der Waals surface area contributed by atoms with Crippen LogP contribution in [0.25, 0.3) is 0 Å². The molecule has 0 aromatic carbocycles. The molecule has 4 nitrogen and oxygen atoms in total. The smallest absolute Gasteiger partial charge is 0.310 e. The van der Waals surface area contributed by atoms with Crippen molar-refractivity contribution in [2.45, 2.75) is 58.0 Å². The molecule has 112 valence electrons. The van der Waals surface area contributed by atoms with Crippen LogP contribution in [0.5, 0.6) is 0 Å². The van der Waals surface area contributed by atoms with Crippen molar-refractivity contribution in [3.8, 4) is 0 Å². The van der Waals surface area contributed by atoms with Gasteiger partial charge in [-0.2, -0.15) is 0 Å². The van der Waals surface area contributed by atoms with Gasteiger partial charge < -0.3 is 9.84 Å². The minimum atomic E-state index is -0.931. The van der Waals surface area contributed by atoms with E-state index in [4.69, 9.17) is 9.84 Å². The average Bonchev–Trinajstić information content (AvgIpc) is 2.34. The van der Waals surface area contributed by atoms with E-state index in [0.717, 1.165) is 37.0 Å². The highest BCUT2D eigenvalue weighted by atomic mass is 16.6. The molecule has 0 aromatic rings. The topological polar surface area (TPSA) is 63.6 Å². The Labute approximate surface area is 119 Å². The van der Waals surface area contributed by atoms with Gasteiger partial charge in [-0.25, -0.2) is 0 Å². The first kappa shape index (κ1) is 13.9. The molecule has 4 bridgehead atoms. The van der Waals surface area contributed by atoms with Gasteiger partial charge >= 0.3 is 11.9 Å². The minimum absolute atomic E-state index is 0.266. The molecule has 0 heterocycles. The quantitative estimate of drug-likeness (QED) is 0.804. The van der Waals surface area contributed by atoms with E-state index in [1.54, 1.807) is 13.8 Å². The summed E-state index contributed by atoms with van der Waals surface area (Å²) in [5.74, 6) is -0.331. The predicted octanol–water partition coefficient (Wildman–Crippen LogP) is 2.86. The summed E-state index contributed by atoms with van der Waals surface area (Å²) in [5.41, 5.74) is -0.266. The van der Waals surface area contributed by atoms with E-state index in [9.17, 15) is 9.59 Å². The lowest BCUT2D eigenvalue weighted by Gasteiger charge is -2.55. The van der Waals surface area contributed by atoms with Gasteiger partial charge in [0.25, 0.3) is 0 Å². The lowest BCUT2D eigenvalue weighted by molar-refractivity contribution is -0.193. The molecule has 4 heteroatoms. The van der Waals surface area contributed by atoms with Crippen molar-refractivity contribution in [2.75, 3.05) is 0 Å². The van der Waals surface area contributed by atoms with Crippen LogP contribution in [0.15, 0.2) is 0 Å². The molecule has 4 aliphatic carbocycles. The van der Waals surface area contributed by atoms with Crippen LogP contribution in [0.2, 0.25) is 0 Å². The molecular formula is C16H24O4. The lowest BCUT2D eigenvalue weighted by atomic mass is 9.54. The van der Waals surface area contributed by atoms with Crippen molar-refractivity contribution in [3.05, 3.63) is 0 Å². The van der Waals surface area contributed by atoms with Crippen LogP contribution in [-0.2, 0) is 14.3 Å². The third-order valence-corrected chi connectivity index (χ3v) is 5.81. The Balaban J connectivity index is 1.68. The first-order valence-electron chi connectivity index (χ1n) is 7.84. The van der Waals surface area contributed by atoms with Crippen LogP contribution in [0.3, 0.4) is 0 Å². The number of aliphatic carboxylic acids is 1. The molecule has 0 amide bonds. The fourth-order valence-electron chi connectivity index (χ4n) is 4.88. The van der Waals surface area contributed by atoms with E-state index in [-0.39, 0.29) is 11.6 Å². The first-order valence-corrected chi connectivity index (χ1v) is 7.84. The maximum Gasteiger partial charge on any atom is 0.310 e. The summed E-state index contributed by atoms with van der Waals surface area (Å²) in [5, 5.41) is 9.02. The van der Waals surface area contributed by atoms with Crippen LogP contribution in [0, 0.1) is 29.6 Å². The molecule has 2 atom stereocenters. The molecule has 0 aromatic heterocycles. The molecule has 4 rings (SSSR count). The van der Waals surface area contributed by atoms with Crippen LogP contribution in [0.4, 0.5) is 0 Å². The summed E-state index contributed by atoms with van der Waals surface area (Å²) in [4.78, 5) is 23.3. The van der Waals surface area contributed by atoms with Crippen molar-refractivity contribution < 1.29 is 19.4 Å². The zero-order chi connectivity index (χ0) is 14.5. The van der Waals surface area contributed by atoms with Crippen molar-refractivity contribution in [3.63, 3.8) is 0 Å². The third kappa shape index (κ3) is 2.33. The highest BCUT2D eigenvalue weighted by Crippen LogP contribution is 2.57. The zero-order valence-electron chi connectivity index (χ0n) is 12.3. The second-order valence-corrected chi connectivity index (χ2v) is 7.44. The van der Waals surface area contributed by atoms with Crippen LogP contribution in [0.1, 0.15) is 52.4 Å². The number of carboxylic acids is 1. The summed E-state index contributed by atoms with van der Waals surface area (Å²) in [6.45, 7) is 3.25. The van der Waals surface area contributed by atoms with E-state index in [2.05, 4.69) is 0 Å². The van der Waals surface area contributed by atoms with Crippen molar-refractivity contribution >= 4 is 11.9 Å². The SMILES string of the molecule is CC(C(=O)O)C(C)C(=O)OC12CC3CC(CC(C3)C1)C2. The molecule has 20 heavy (non-hydrogen) atoms. The second-order valence-electron chi connectivity index (χ2n) is 7.44. The molecule has 4 saturated carbocycles. The summed E-state index contributed by atoms with van der Waals surface area (Å²) in [7, 11) is 0. The number of ether oxygens (including phenoxy) is 1. The van der Waals surface area contributed by atoms with Gasteiger partial charge in [0.2, 0.25) is 0 Å². The van der Waals surface area contributed by atoms with E-state index in [0.29, 0.717) is 0 Å². The van der Waals surface area contributed by atoms with E-state index in [1.807, 2.05) is 0 Å². The highest BCUT2D eigenvalue weighted by Gasteiger charge is 2.53. The van der Waals surface area contributed by atoms with Gasteiger partial charge in [-0.3, -0.25) is 9.59 Å². The molecule has 0 spiro atoms. The normalized spacial score (nSPS) is 41.2. The molecule has 4 aliphatic rings. The number of carbonyl (C=O) groups is 2. The Morgan fingerprint density at radius 1 is 1.00 bits per heavy atom. The zero-order valence-corrected chi connectivity index (χ0v) is 12.3. The Bertz CT molecular complexity index is 393. The monoisotopic (exact) mass is 280 g/mol. The van der Waals surface area contributed by atoms with E-state index in [1.165, 1.54) is 19.3 Å². The summed E-state index contributed by atoms with van der Waals surface area (Å²) >= 11 is 0. The Kier molecular flexibility index (Phi) is 3.30. The summed E-state index contributed by atoms with van der Waals surface area (Å²) in [6, 6.07) is 0. The molecule has 0 aliphatic heterocycles. The van der Waals surface area contributed by atoms with E-state index >= 15 is 0 Å². The van der Waals surface area contributed by atoms with Crippen molar-refractivity contribution in [2.24, 2.45) is 29.6 Å². The third-order valence-electron chi connectivity index (χ3n) is 5.81. The number of carbonyl (C=O) groups excluding carboxylic acids is 1. The van der Waals surface area contributed by atoms with Crippen molar-refractivity contribution in [1.82, 2.24) is 0 Å². The Morgan fingerprint density at radius 3 is 1.85 bits per heavy atom. The van der Waals surface area contributed by atoms with Gasteiger partial charge in [-0.1, -0.05) is 13.8 Å². The second kappa shape index (κ2) is 4.74. The van der Waals surface area contributed by atoms with Crippen LogP contribution >= 0.6 is 0 Å².